The fourth-order valence-electron chi connectivity index (χ4n) is 1.98. The second kappa shape index (κ2) is 6.79. The maximum Gasteiger partial charge on any atom is 0.243 e. The van der Waals surface area contributed by atoms with Gasteiger partial charge in [0.1, 0.15) is 5.75 Å². The van der Waals surface area contributed by atoms with Gasteiger partial charge in [0.25, 0.3) is 0 Å². The third-order valence-electron chi connectivity index (χ3n) is 3.13. The highest BCUT2D eigenvalue weighted by Crippen LogP contribution is 2.24. The van der Waals surface area contributed by atoms with E-state index in [4.69, 9.17) is 4.74 Å². The van der Waals surface area contributed by atoms with Gasteiger partial charge in [-0.2, -0.15) is 0 Å². The smallest absolute Gasteiger partial charge is 0.243 e. The molecule has 0 fully saturated rings. The van der Waals surface area contributed by atoms with Crippen LogP contribution >= 0.6 is 0 Å². The molecule has 2 aromatic rings. The average molecular weight is 284 g/mol. The molecule has 2 rings (SSSR count). The second-order valence-corrected chi connectivity index (χ2v) is 4.97. The van der Waals surface area contributed by atoms with Gasteiger partial charge in [0.2, 0.25) is 5.91 Å². The number of hydrogen-bond acceptors (Lipinski definition) is 3. The number of carbonyl (C=O) groups is 1. The van der Waals surface area contributed by atoms with Crippen LogP contribution in [0.1, 0.15) is 11.1 Å². The van der Waals surface area contributed by atoms with Gasteiger partial charge in [0.15, 0.2) is 0 Å². The van der Waals surface area contributed by atoms with E-state index >= 15 is 0 Å². The van der Waals surface area contributed by atoms with Gasteiger partial charge < -0.3 is 15.4 Å². The molecule has 21 heavy (non-hydrogen) atoms. The number of benzene rings is 2. The van der Waals surface area contributed by atoms with Crippen LogP contribution in [0.2, 0.25) is 0 Å². The summed E-state index contributed by atoms with van der Waals surface area (Å²) >= 11 is 0. The molecule has 0 aliphatic heterocycles. The summed E-state index contributed by atoms with van der Waals surface area (Å²) in [5, 5.41) is 5.95. The first kappa shape index (κ1) is 14.9. The molecule has 0 radical (unpaired) electrons. The van der Waals surface area contributed by atoms with Crippen molar-refractivity contribution in [3.05, 3.63) is 53.6 Å². The van der Waals surface area contributed by atoms with Crippen molar-refractivity contribution >= 4 is 17.3 Å². The minimum Gasteiger partial charge on any atom is -0.495 e. The molecule has 0 aliphatic carbocycles. The van der Waals surface area contributed by atoms with E-state index in [0.717, 1.165) is 28.3 Å². The lowest BCUT2D eigenvalue weighted by molar-refractivity contribution is -0.114. The van der Waals surface area contributed by atoms with E-state index in [1.54, 1.807) is 7.11 Å². The summed E-state index contributed by atoms with van der Waals surface area (Å²) in [5.41, 5.74) is 3.88. The van der Waals surface area contributed by atoms with Gasteiger partial charge in [-0.1, -0.05) is 23.8 Å². The molecule has 0 heterocycles. The molecular weight excluding hydrogens is 264 g/mol. The van der Waals surface area contributed by atoms with Crippen LogP contribution in [-0.4, -0.2) is 19.6 Å². The zero-order valence-corrected chi connectivity index (χ0v) is 12.6. The molecule has 4 heteroatoms. The molecule has 0 saturated carbocycles. The van der Waals surface area contributed by atoms with E-state index in [1.165, 1.54) is 0 Å². The summed E-state index contributed by atoms with van der Waals surface area (Å²) in [6.45, 7) is 4.20. The van der Waals surface area contributed by atoms with Gasteiger partial charge in [0.05, 0.1) is 19.3 Å². The molecule has 0 saturated heterocycles. The number of hydrogen-bond donors (Lipinski definition) is 2. The van der Waals surface area contributed by atoms with Crippen LogP contribution in [-0.2, 0) is 4.79 Å². The van der Waals surface area contributed by atoms with Gasteiger partial charge >= 0.3 is 0 Å². The highest BCUT2D eigenvalue weighted by Gasteiger charge is 2.06. The van der Waals surface area contributed by atoms with Crippen molar-refractivity contribution in [1.29, 1.82) is 0 Å². The monoisotopic (exact) mass is 284 g/mol. The number of rotatable bonds is 5. The van der Waals surface area contributed by atoms with Gasteiger partial charge in [-0.25, -0.2) is 0 Å². The van der Waals surface area contributed by atoms with Crippen molar-refractivity contribution in [2.24, 2.45) is 0 Å². The zero-order valence-electron chi connectivity index (χ0n) is 12.6. The number of nitrogens with one attached hydrogen (secondary N) is 2. The fraction of sp³-hybridized carbons (Fsp3) is 0.235. The molecule has 0 unspecified atom stereocenters. The Kier molecular flexibility index (Phi) is 4.82. The average Bonchev–Trinajstić information content (AvgIpc) is 2.48. The summed E-state index contributed by atoms with van der Waals surface area (Å²) in [6, 6.07) is 13.5. The van der Waals surface area contributed by atoms with Gasteiger partial charge in [-0.05, 0) is 43.7 Å². The molecule has 0 aliphatic rings. The van der Waals surface area contributed by atoms with Gasteiger partial charge in [-0.3, -0.25) is 4.79 Å². The highest BCUT2D eigenvalue weighted by atomic mass is 16.5. The Morgan fingerprint density at radius 2 is 1.71 bits per heavy atom. The van der Waals surface area contributed by atoms with Crippen LogP contribution in [0, 0.1) is 13.8 Å². The van der Waals surface area contributed by atoms with Crippen molar-refractivity contribution in [2.75, 3.05) is 24.3 Å². The van der Waals surface area contributed by atoms with Gasteiger partial charge in [-0.15, -0.1) is 0 Å². The van der Waals surface area contributed by atoms with Crippen LogP contribution in [0.5, 0.6) is 5.75 Å². The van der Waals surface area contributed by atoms with Crippen molar-refractivity contribution in [3.8, 4) is 5.75 Å². The first-order chi connectivity index (χ1) is 10.1. The van der Waals surface area contributed by atoms with Crippen LogP contribution in [0.3, 0.4) is 0 Å². The second-order valence-electron chi connectivity index (χ2n) is 4.97. The third-order valence-corrected chi connectivity index (χ3v) is 3.13. The van der Waals surface area contributed by atoms with Crippen LogP contribution < -0.4 is 15.4 Å². The van der Waals surface area contributed by atoms with E-state index < -0.39 is 0 Å². The standard InChI is InChI=1S/C17H20N2O2/c1-12-4-7-14(8-5-12)19-17(20)11-18-15-10-13(2)6-9-16(15)21-3/h4-10,18H,11H2,1-3H3,(H,19,20). The lowest BCUT2D eigenvalue weighted by Crippen LogP contribution is -2.22. The van der Waals surface area contributed by atoms with E-state index in [-0.39, 0.29) is 12.5 Å². The predicted octanol–water partition coefficient (Wildman–Crippen LogP) is 3.36. The molecule has 0 atom stereocenters. The molecule has 2 N–H and O–H groups in total. The Morgan fingerprint density at radius 3 is 2.38 bits per heavy atom. The molecule has 4 nitrogen and oxygen atoms in total. The van der Waals surface area contributed by atoms with Crippen molar-refractivity contribution in [2.45, 2.75) is 13.8 Å². The van der Waals surface area contributed by atoms with E-state index in [0.29, 0.717) is 0 Å². The van der Waals surface area contributed by atoms with Crippen LogP contribution in [0.25, 0.3) is 0 Å². The maximum atomic E-state index is 11.9. The third kappa shape index (κ3) is 4.24. The highest BCUT2D eigenvalue weighted by molar-refractivity contribution is 5.93. The molecule has 0 spiro atoms. The topological polar surface area (TPSA) is 50.4 Å². The number of anilines is 2. The molecule has 1 amide bonds. The molecule has 110 valence electrons. The number of amides is 1. The minimum atomic E-state index is -0.0950. The zero-order chi connectivity index (χ0) is 15.2. The molecule has 0 aromatic heterocycles. The van der Waals surface area contributed by atoms with E-state index in [2.05, 4.69) is 10.6 Å². The lowest BCUT2D eigenvalue weighted by atomic mass is 10.2. The molecular formula is C17H20N2O2. The summed E-state index contributed by atoms with van der Waals surface area (Å²) in [6.07, 6.45) is 0. The molecule has 2 aromatic carbocycles. The molecule has 0 bridgehead atoms. The van der Waals surface area contributed by atoms with Crippen molar-refractivity contribution in [1.82, 2.24) is 0 Å². The first-order valence-electron chi connectivity index (χ1n) is 6.83. The van der Waals surface area contributed by atoms with E-state index in [1.807, 2.05) is 56.3 Å². The summed E-state index contributed by atoms with van der Waals surface area (Å²) in [4.78, 5) is 11.9. The van der Waals surface area contributed by atoms with Crippen LogP contribution in [0.4, 0.5) is 11.4 Å². The number of methoxy groups -OCH3 is 1. The fourth-order valence-corrected chi connectivity index (χ4v) is 1.98. The van der Waals surface area contributed by atoms with Crippen LogP contribution in [0.15, 0.2) is 42.5 Å². The number of carbonyl (C=O) groups excluding carboxylic acids is 1. The minimum absolute atomic E-state index is 0.0950. The Hall–Kier alpha value is -2.49. The first-order valence-corrected chi connectivity index (χ1v) is 6.83. The van der Waals surface area contributed by atoms with Crippen molar-refractivity contribution in [3.63, 3.8) is 0 Å². The SMILES string of the molecule is COc1ccc(C)cc1NCC(=O)Nc1ccc(C)cc1. The van der Waals surface area contributed by atoms with Crippen molar-refractivity contribution < 1.29 is 9.53 Å². The normalized spacial score (nSPS) is 10.0. The Bertz CT molecular complexity index is 621. The summed E-state index contributed by atoms with van der Waals surface area (Å²) < 4.78 is 5.27. The Balaban J connectivity index is 1.95. The lowest BCUT2D eigenvalue weighted by Gasteiger charge is -2.12. The number of ether oxygens (including phenoxy) is 1. The Labute approximate surface area is 125 Å². The summed E-state index contributed by atoms with van der Waals surface area (Å²) in [7, 11) is 1.61. The van der Waals surface area contributed by atoms with E-state index in [9.17, 15) is 4.79 Å². The maximum absolute atomic E-state index is 11.9. The number of aryl methyl sites for hydroxylation is 2. The predicted molar refractivity (Wildman–Crippen MR) is 86.0 cm³/mol. The van der Waals surface area contributed by atoms with Gasteiger partial charge in [0, 0.05) is 5.69 Å². The summed E-state index contributed by atoms with van der Waals surface area (Å²) in [5.74, 6) is 0.631. The quantitative estimate of drug-likeness (QED) is 0.885. The largest absolute Gasteiger partial charge is 0.495 e. The Morgan fingerprint density at radius 1 is 1.05 bits per heavy atom.